The van der Waals surface area contributed by atoms with Gasteiger partial charge in [0.05, 0.1) is 13.2 Å². The van der Waals surface area contributed by atoms with Gasteiger partial charge in [0.1, 0.15) is 0 Å². The number of nitrogens with zero attached hydrogens (tertiary/aromatic N) is 2. The Bertz CT molecular complexity index is 388. The van der Waals surface area contributed by atoms with E-state index in [1.165, 1.54) is 0 Å². The van der Waals surface area contributed by atoms with Crippen LogP contribution in [0, 0.1) is 0 Å². The lowest BCUT2D eigenvalue weighted by Crippen LogP contribution is -2.54. The lowest BCUT2D eigenvalue weighted by Gasteiger charge is -2.35. The highest BCUT2D eigenvalue weighted by atomic mass is 16.5. The van der Waals surface area contributed by atoms with Gasteiger partial charge in [0.25, 0.3) is 0 Å². The minimum Gasteiger partial charge on any atom is -0.480 e. The first-order valence-electron chi connectivity index (χ1n) is 4.82. The van der Waals surface area contributed by atoms with Crippen molar-refractivity contribution in [1.29, 1.82) is 0 Å². The molecule has 0 aliphatic carbocycles. The maximum Gasteiger partial charge on any atom is 0.322 e. The molecule has 2 rings (SSSR count). The number of carboxylic acid groups (broad SMARTS) is 1. The predicted molar refractivity (Wildman–Crippen MR) is 51.5 cm³/mol. The molecule has 0 amide bonds. The summed E-state index contributed by atoms with van der Waals surface area (Å²) in [5, 5.41) is 9.14. The maximum absolute atomic E-state index is 11.1. The van der Waals surface area contributed by atoms with Crippen LogP contribution >= 0.6 is 0 Å². The highest BCUT2D eigenvalue weighted by Gasteiger charge is 2.50. The predicted octanol–water partition coefficient (Wildman–Crippen LogP) is 0.392. The van der Waals surface area contributed by atoms with E-state index in [-0.39, 0.29) is 13.2 Å². The summed E-state index contributed by atoms with van der Waals surface area (Å²) in [4.78, 5) is 19.4. The average molecular weight is 208 g/mol. The zero-order valence-electron chi connectivity index (χ0n) is 8.43. The monoisotopic (exact) mass is 208 g/mol. The van der Waals surface area contributed by atoms with Gasteiger partial charge < -0.3 is 9.84 Å². The molecule has 0 spiro atoms. The minimum atomic E-state index is -1.02. The quantitative estimate of drug-likeness (QED) is 0.778. The third-order valence-corrected chi connectivity index (χ3v) is 2.61. The first-order chi connectivity index (χ1) is 7.19. The van der Waals surface area contributed by atoms with Gasteiger partial charge in [-0.05, 0) is 12.5 Å². The van der Waals surface area contributed by atoms with Crippen LogP contribution in [-0.2, 0) is 21.4 Å². The standard InChI is InChI=1S/C10H12N2O3/c1-2-7-3-4-11-8(12-7)10(9(13)14)5-15-6-10/h3-4H,2,5-6H2,1H3,(H,13,14). The largest absolute Gasteiger partial charge is 0.480 e. The maximum atomic E-state index is 11.1. The van der Waals surface area contributed by atoms with Crippen molar-refractivity contribution in [2.75, 3.05) is 13.2 Å². The third kappa shape index (κ3) is 1.48. The summed E-state index contributed by atoms with van der Waals surface area (Å²) < 4.78 is 4.97. The number of carbonyl (C=O) groups is 1. The van der Waals surface area contributed by atoms with Crippen molar-refractivity contribution in [2.24, 2.45) is 0 Å². The van der Waals surface area contributed by atoms with Crippen molar-refractivity contribution in [1.82, 2.24) is 9.97 Å². The summed E-state index contributed by atoms with van der Waals surface area (Å²) in [6.45, 7) is 2.29. The van der Waals surface area contributed by atoms with Gasteiger partial charge in [0, 0.05) is 11.9 Å². The molecule has 0 unspecified atom stereocenters. The first-order valence-corrected chi connectivity index (χ1v) is 4.82. The highest BCUT2D eigenvalue weighted by Crippen LogP contribution is 2.30. The number of hydrogen-bond donors (Lipinski definition) is 1. The van der Waals surface area contributed by atoms with Crippen molar-refractivity contribution in [3.05, 3.63) is 23.8 Å². The molecule has 0 saturated carbocycles. The fourth-order valence-corrected chi connectivity index (χ4v) is 1.48. The molecule has 5 heteroatoms. The number of ether oxygens (including phenoxy) is 1. The third-order valence-electron chi connectivity index (χ3n) is 2.61. The summed E-state index contributed by atoms with van der Waals surface area (Å²) in [6, 6.07) is 1.79. The molecule has 1 aromatic heterocycles. The Hall–Kier alpha value is -1.49. The molecule has 0 atom stereocenters. The fraction of sp³-hybridized carbons (Fsp3) is 0.500. The Balaban J connectivity index is 2.38. The second-order valence-electron chi connectivity index (χ2n) is 3.61. The van der Waals surface area contributed by atoms with Crippen LogP contribution in [0.25, 0.3) is 0 Å². The van der Waals surface area contributed by atoms with Gasteiger partial charge in [0.2, 0.25) is 0 Å². The number of aryl methyl sites for hydroxylation is 1. The van der Waals surface area contributed by atoms with Crippen molar-refractivity contribution in [3.63, 3.8) is 0 Å². The Kier molecular flexibility index (Phi) is 2.40. The van der Waals surface area contributed by atoms with Crippen LogP contribution in [0.3, 0.4) is 0 Å². The van der Waals surface area contributed by atoms with Crippen LogP contribution < -0.4 is 0 Å². The van der Waals surface area contributed by atoms with Crippen molar-refractivity contribution in [2.45, 2.75) is 18.8 Å². The molecule has 1 aliphatic rings. The second kappa shape index (κ2) is 3.58. The van der Waals surface area contributed by atoms with Crippen molar-refractivity contribution >= 4 is 5.97 Å². The number of aromatic nitrogens is 2. The molecule has 2 heterocycles. The van der Waals surface area contributed by atoms with E-state index in [4.69, 9.17) is 9.84 Å². The van der Waals surface area contributed by atoms with Gasteiger partial charge in [-0.2, -0.15) is 0 Å². The summed E-state index contributed by atoms with van der Waals surface area (Å²) in [7, 11) is 0. The normalized spacial score (nSPS) is 18.2. The molecular weight excluding hydrogens is 196 g/mol. The molecule has 1 saturated heterocycles. The lowest BCUT2D eigenvalue weighted by molar-refractivity contribution is -0.164. The van der Waals surface area contributed by atoms with Gasteiger partial charge >= 0.3 is 5.97 Å². The van der Waals surface area contributed by atoms with Crippen molar-refractivity contribution < 1.29 is 14.6 Å². The van der Waals surface area contributed by atoms with Crippen LogP contribution in [0.1, 0.15) is 18.4 Å². The van der Waals surface area contributed by atoms with E-state index in [0.29, 0.717) is 5.82 Å². The van der Waals surface area contributed by atoms with Gasteiger partial charge in [-0.25, -0.2) is 9.97 Å². The van der Waals surface area contributed by atoms with E-state index < -0.39 is 11.4 Å². The fourth-order valence-electron chi connectivity index (χ4n) is 1.48. The summed E-state index contributed by atoms with van der Waals surface area (Å²) in [5.41, 5.74) is -0.168. The van der Waals surface area contributed by atoms with E-state index in [0.717, 1.165) is 12.1 Å². The van der Waals surface area contributed by atoms with E-state index >= 15 is 0 Å². The Morgan fingerprint density at radius 2 is 2.40 bits per heavy atom. The lowest BCUT2D eigenvalue weighted by atomic mass is 9.85. The number of rotatable bonds is 3. The highest BCUT2D eigenvalue weighted by molar-refractivity contribution is 5.81. The second-order valence-corrected chi connectivity index (χ2v) is 3.61. The number of aliphatic carboxylic acids is 1. The summed E-state index contributed by atoms with van der Waals surface area (Å²) in [5.74, 6) is -0.553. The topological polar surface area (TPSA) is 72.3 Å². The Morgan fingerprint density at radius 1 is 1.67 bits per heavy atom. The summed E-state index contributed by atoms with van der Waals surface area (Å²) >= 11 is 0. The molecule has 1 aliphatic heterocycles. The van der Waals surface area contributed by atoms with Crippen LogP contribution in [0.15, 0.2) is 12.3 Å². The van der Waals surface area contributed by atoms with Gasteiger partial charge in [-0.1, -0.05) is 6.92 Å². The van der Waals surface area contributed by atoms with Crippen LogP contribution in [-0.4, -0.2) is 34.3 Å². The minimum absolute atomic E-state index is 0.162. The summed E-state index contributed by atoms with van der Waals surface area (Å²) in [6.07, 6.45) is 2.37. The van der Waals surface area contributed by atoms with E-state index in [1.807, 2.05) is 6.92 Å². The molecule has 1 N–H and O–H groups in total. The molecule has 5 nitrogen and oxygen atoms in total. The molecule has 80 valence electrons. The SMILES string of the molecule is CCc1ccnc(C2(C(=O)O)COC2)n1. The van der Waals surface area contributed by atoms with Crippen LogP contribution in [0.4, 0.5) is 0 Å². The van der Waals surface area contributed by atoms with Crippen LogP contribution in [0.2, 0.25) is 0 Å². The van der Waals surface area contributed by atoms with Crippen LogP contribution in [0.5, 0.6) is 0 Å². The first kappa shape index (κ1) is 10.0. The smallest absolute Gasteiger partial charge is 0.322 e. The molecule has 1 fully saturated rings. The molecule has 0 radical (unpaired) electrons. The molecule has 0 bridgehead atoms. The van der Waals surface area contributed by atoms with Crippen molar-refractivity contribution in [3.8, 4) is 0 Å². The van der Waals surface area contributed by atoms with E-state index in [9.17, 15) is 4.79 Å². The van der Waals surface area contributed by atoms with E-state index in [1.54, 1.807) is 12.3 Å². The molecule has 15 heavy (non-hydrogen) atoms. The van der Waals surface area contributed by atoms with Gasteiger partial charge in [-0.15, -0.1) is 0 Å². The van der Waals surface area contributed by atoms with Gasteiger partial charge in [0.15, 0.2) is 11.2 Å². The van der Waals surface area contributed by atoms with Gasteiger partial charge in [-0.3, -0.25) is 4.79 Å². The molecule has 0 aromatic carbocycles. The Morgan fingerprint density at radius 3 is 2.87 bits per heavy atom. The number of carboxylic acids is 1. The molecular formula is C10H12N2O3. The van der Waals surface area contributed by atoms with E-state index in [2.05, 4.69) is 9.97 Å². The Labute approximate surface area is 87.1 Å². The molecule has 1 aromatic rings. The number of hydrogen-bond acceptors (Lipinski definition) is 4. The average Bonchev–Trinajstić information content (AvgIpc) is 2.16. The zero-order valence-corrected chi connectivity index (χ0v) is 8.43. The zero-order chi connectivity index (χ0) is 10.9.